The number of likely N-dealkylation sites (N-methyl/N-ethyl adjacent to an activating group) is 1. The van der Waals surface area contributed by atoms with E-state index in [2.05, 4.69) is 0 Å². The molecule has 0 bridgehead atoms. The van der Waals surface area contributed by atoms with Crippen molar-refractivity contribution in [1.29, 1.82) is 0 Å². The number of amides is 1. The Kier molecular flexibility index (Phi) is 6.72. The van der Waals surface area contributed by atoms with Crippen LogP contribution in [0.15, 0.2) is 24.3 Å². The summed E-state index contributed by atoms with van der Waals surface area (Å²) in [4.78, 5) is 24.3. The van der Waals surface area contributed by atoms with E-state index >= 15 is 0 Å². The van der Waals surface area contributed by atoms with Gasteiger partial charge in [0.05, 0.1) is 0 Å². The number of hydrogen-bond acceptors (Lipinski definition) is 3. The molecule has 0 saturated heterocycles. The minimum absolute atomic E-state index is 0.0626. The number of benzene rings is 1. The Morgan fingerprint density at radius 1 is 1.33 bits per heavy atom. The van der Waals surface area contributed by atoms with Crippen molar-refractivity contribution in [1.82, 2.24) is 4.90 Å². The fraction of sp³-hybridized carbons (Fsp3) is 0.500. The van der Waals surface area contributed by atoms with E-state index in [1.807, 2.05) is 38.1 Å². The van der Waals surface area contributed by atoms with Crippen LogP contribution in [0.3, 0.4) is 0 Å². The summed E-state index contributed by atoms with van der Waals surface area (Å²) in [6, 6.07) is 7.57. The largest absolute Gasteiger partial charge is 0.481 e. The van der Waals surface area contributed by atoms with Gasteiger partial charge < -0.3 is 14.7 Å². The van der Waals surface area contributed by atoms with Crippen LogP contribution >= 0.6 is 0 Å². The summed E-state index contributed by atoms with van der Waals surface area (Å²) in [6.07, 6.45) is 0.530. The lowest BCUT2D eigenvalue weighted by molar-refractivity contribution is -0.140. The highest BCUT2D eigenvalue weighted by Crippen LogP contribution is 2.19. The molecule has 1 aromatic carbocycles. The van der Waals surface area contributed by atoms with Crippen molar-refractivity contribution < 1.29 is 19.4 Å². The lowest BCUT2D eigenvalue weighted by Gasteiger charge is -2.24. The second-order valence-electron chi connectivity index (χ2n) is 5.04. The molecule has 5 heteroatoms. The molecule has 0 aliphatic heterocycles. The zero-order valence-corrected chi connectivity index (χ0v) is 12.8. The average Bonchev–Trinajstić information content (AvgIpc) is 2.45. The first-order valence-electron chi connectivity index (χ1n) is 7.14. The van der Waals surface area contributed by atoms with E-state index in [4.69, 9.17) is 9.84 Å². The van der Waals surface area contributed by atoms with E-state index in [0.717, 1.165) is 5.56 Å². The summed E-state index contributed by atoms with van der Waals surface area (Å²) in [5.74, 6) is -0.262. The summed E-state index contributed by atoms with van der Waals surface area (Å²) < 4.78 is 5.80. The lowest BCUT2D eigenvalue weighted by atomic mass is 10.2. The third-order valence-corrected chi connectivity index (χ3v) is 3.27. The lowest BCUT2D eigenvalue weighted by Crippen LogP contribution is -2.40. The number of ether oxygens (including phenoxy) is 1. The first-order valence-corrected chi connectivity index (χ1v) is 7.14. The number of carboxylic acids is 1. The maximum absolute atomic E-state index is 12.3. The number of aryl methyl sites for hydroxylation is 1. The summed E-state index contributed by atoms with van der Waals surface area (Å²) >= 11 is 0. The van der Waals surface area contributed by atoms with Crippen molar-refractivity contribution in [3.8, 4) is 5.75 Å². The average molecular weight is 293 g/mol. The predicted octanol–water partition coefficient (Wildman–Crippen LogP) is 2.48. The second-order valence-corrected chi connectivity index (χ2v) is 5.04. The van der Waals surface area contributed by atoms with Crippen molar-refractivity contribution in [3.63, 3.8) is 0 Å². The minimum Gasteiger partial charge on any atom is -0.481 e. The Balaban J connectivity index is 2.60. The molecule has 0 saturated carbocycles. The fourth-order valence-corrected chi connectivity index (χ4v) is 1.97. The number of carbonyl (C=O) groups excluding carboxylic acids is 1. The molecule has 1 aromatic rings. The smallest absolute Gasteiger partial charge is 0.303 e. The van der Waals surface area contributed by atoms with Crippen LogP contribution < -0.4 is 4.74 Å². The van der Waals surface area contributed by atoms with Crippen molar-refractivity contribution in [2.45, 2.75) is 39.2 Å². The SMILES string of the molecule is CCC(Oc1ccccc1C)C(=O)N(C)CCCC(=O)O. The summed E-state index contributed by atoms with van der Waals surface area (Å²) in [5.41, 5.74) is 0.984. The first kappa shape index (κ1) is 17.0. The maximum atomic E-state index is 12.3. The van der Waals surface area contributed by atoms with Gasteiger partial charge in [-0.2, -0.15) is 0 Å². The maximum Gasteiger partial charge on any atom is 0.303 e. The van der Waals surface area contributed by atoms with Gasteiger partial charge in [0.1, 0.15) is 5.75 Å². The van der Waals surface area contributed by atoms with Crippen LogP contribution in [0.1, 0.15) is 31.7 Å². The molecule has 5 nitrogen and oxygen atoms in total. The van der Waals surface area contributed by atoms with Crippen LogP contribution in [0.4, 0.5) is 0 Å². The number of carboxylic acid groups (broad SMARTS) is 1. The van der Waals surface area contributed by atoms with Gasteiger partial charge in [-0.05, 0) is 31.4 Å². The minimum atomic E-state index is -0.848. The number of carbonyl (C=O) groups is 2. The summed E-state index contributed by atoms with van der Waals surface area (Å²) in [5, 5.41) is 8.62. The third-order valence-electron chi connectivity index (χ3n) is 3.27. The zero-order chi connectivity index (χ0) is 15.8. The Hall–Kier alpha value is -2.04. The quantitative estimate of drug-likeness (QED) is 0.799. The molecule has 0 fully saturated rings. The van der Waals surface area contributed by atoms with Crippen LogP contribution in [-0.2, 0) is 9.59 Å². The van der Waals surface area contributed by atoms with E-state index in [1.165, 1.54) is 4.90 Å². The highest BCUT2D eigenvalue weighted by molar-refractivity contribution is 5.81. The normalized spacial score (nSPS) is 11.8. The molecule has 0 aliphatic carbocycles. The number of para-hydroxylation sites is 1. The molecule has 1 rings (SSSR count). The Morgan fingerprint density at radius 2 is 2.00 bits per heavy atom. The van der Waals surface area contributed by atoms with E-state index in [-0.39, 0.29) is 12.3 Å². The topological polar surface area (TPSA) is 66.8 Å². The Morgan fingerprint density at radius 3 is 2.57 bits per heavy atom. The second kappa shape index (κ2) is 8.29. The Bertz CT molecular complexity index is 487. The van der Waals surface area contributed by atoms with Crippen LogP contribution in [0.25, 0.3) is 0 Å². The van der Waals surface area contributed by atoms with Gasteiger partial charge in [0.25, 0.3) is 5.91 Å². The molecule has 1 atom stereocenters. The summed E-state index contributed by atoms with van der Waals surface area (Å²) in [7, 11) is 1.67. The van der Waals surface area contributed by atoms with Crippen LogP contribution in [0, 0.1) is 6.92 Å². The molecular formula is C16H23NO4. The number of nitrogens with zero attached hydrogens (tertiary/aromatic N) is 1. The molecule has 0 radical (unpaired) electrons. The summed E-state index contributed by atoms with van der Waals surface area (Å²) in [6.45, 7) is 4.24. The van der Waals surface area contributed by atoms with Gasteiger partial charge in [0.2, 0.25) is 0 Å². The van der Waals surface area contributed by atoms with E-state index < -0.39 is 12.1 Å². The van der Waals surface area contributed by atoms with Gasteiger partial charge in [-0.15, -0.1) is 0 Å². The number of rotatable bonds is 8. The van der Waals surface area contributed by atoms with Gasteiger partial charge in [-0.3, -0.25) is 9.59 Å². The van der Waals surface area contributed by atoms with E-state index in [0.29, 0.717) is 25.1 Å². The molecule has 0 aliphatic rings. The predicted molar refractivity (Wildman–Crippen MR) is 80.4 cm³/mol. The van der Waals surface area contributed by atoms with E-state index in [9.17, 15) is 9.59 Å². The van der Waals surface area contributed by atoms with Crippen molar-refractivity contribution in [2.24, 2.45) is 0 Å². The van der Waals surface area contributed by atoms with Crippen LogP contribution in [-0.4, -0.2) is 41.6 Å². The number of aliphatic carboxylic acids is 1. The Labute approximate surface area is 125 Å². The van der Waals surface area contributed by atoms with Gasteiger partial charge in [-0.1, -0.05) is 25.1 Å². The molecule has 1 amide bonds. The van der Waals surface area contributed by atoms with Gasteiger partial charge in [0, 0.05) is 20.0 Å². The molecule has 0 heterocycles. The van der Waals surface area contributed by atoms with E-state index in [1.54, 1.807) is 7.05 Å². The highest BCUT2D eigenvalue weighted by atomic mass is 16.5. The molecule has 1 unspecified atom stereocenters. The van der Waals surface area contributed by atoms with Crippen molar-refractivity contribution in [2.75, 3.05) is 13.6 Å². The monoisotopic (exact) mass is 293 g/mol. The zero-order valence-electron chi connectivity index (χ0n) is 12.8. The van der Waals surface area contributed by atoms with Gasteiger partial charge in [-0.25, -0.2) is 0 Å². The fourth-order valence-electron chi connectivity index (χ4n) is 1.97. The van der Waals surface area contributed by atoms with Crippen molar-refractivity contribution in [3.05, 3.63) is 29.8 Å². The molecule has 0 aromatic heterocycles. The first-order chi connectivity index (χ1) is 9.95. The molecule has 1 N–H and O–H groups in total. The molecular weight excluding hydrogens is 270 g/mol. The highest BCUT2D eigenvalue weighted by Gasteiger charge is 2.22. The third kappa shape index (κ3) is 5.45. The van der Waals surface area contributed by atoms with Gasteiger partial charge >= 0.3 is 5.97 Å². The molecule has 21 heavy (non-hydrogen) atoms. The van der Waals surface area contributed by atoms with Crippen LogP contribution in [0.2, 0.25) is 0 Å². The molecule has 116 valence electrons. The van der Waals surface area contributed by atoms with Crippen molar-refractivity contribution >= 4 is 11.9 Å². The number of hydrogen-bond donors (Lipinski definition) is 1. The molecule has 0 spiro atoms. The van der Waals surface area contributed by atoms with Crippen LogP contribution in [0.5, 0.6) is 5.75 Å². The van der Waals surface area contributed by atoms with Gasteiger partial charge in [0.15, 0.2) is 6.10 Å². The standard InChI is InChI=1S/C16H23NO4/c1-4-13(21-14-9-6-5-8-12(14)2)16(20)17(3)11-7-10-15(18)19/h5-6,8-9,13H,4,7,10-11H2,1-3H3,(H,18,19).